The predicted molar refractivity (Wildman–Crippen MR) is 54.4 cm³/mol. The summed E-state index contributed by atoms with van der Waals surface area (Å²) in [5, 5.41) is 15.0. The first kappa shape index (κ1) is 10.5. The van der Waals surface area contributed by atoms with Gasteiger partial charge in [0.05, 0.1) is 12.1 Å². The van der Waals surface area contributed by atoms with Crippen LogP contribution in [-0.2, 0) is 4.74 Å². The van der Waals surface area contributed by atoms with Gasteiger partial charge in [0.15, 0.2) is 5.82 Å². The second kappa shape index (κ2) is 4.67. The van der Waals surface area contributed by atoms with Crippen molar-refractivity contribution in [3.05, 3.63) is 5.82 Å². The number of hydrogen-bond donors (Lipinski definition) is 1. The third kappa shape index (κ3) is 2.15. The van der Waals surface area contributed by atoms with E-state index in [2.05, 4.69) is 27.8 Å². The molecule has 0 bridgehead atoms. The summed E-state index contributed by atoms with van der Waals surface area (Å²) in [5.74, 6) is 0.907. The number of hydrogen-bond acceptors (Lipinski definition) is 5. The zero-order chi connectivity index (χ0) is 10.7. The monoisotopic (exact) mass is 211 g/mol. The molecule has 1 aromatic heterocycles. The maximum absolute atomic E-state index is 5.33. The average molecular weight is 211 g/mol. The lowest BCUT2D eigenvalue weighted by Crippen LogP contribution is -2.25. The van der Waals surface area contributed by atoms with E-state index in [0.717, 1.165) is 31.9 Å². The van der Waals surface area contributed by atoms with Crippen LogP contribution in [0.4, 0.5) is 0 Å². The minimum atomic E-state index is 0.183. The van der Waals surface area contributed by atoms with Crippen LogP contribution in [0.3, 0.4) is 0 Å². The van der Waals surface area contributed by atoms with Gasteiger partial charge in [-0.25, -0.2) is 4.68 Å². The molecule has 1 aromatic rings. The molecule has 1 fully saturated rings. The van der Waals surface area contributed by atoms with Crippen molar-refractivity contribution in [3.8, 4) is 0 Å². The smallest absolute Gasteiger partial charge is 0.168 e. The molecule has 2 rings (SSSR count). The van der Waals surface area contributed by atoms with Crippen LogP contribution >= 0.6 is 0 Å². The van der Waals surface area contributed by atoms with Gasteiger partial charge in [0, 0.05) is 13.2 Å². The van der Waals surface area contributed by atoms with Crippen molar-refractivity contribution in [1.29, 1.82) is 0 Å². The van der Waals surface area contributed by atoms with E-state index in [-0.39, 0.29) is 6.04 Å². The lowest BCUT2D eigenvalue weighted by atomic mass is 10.1. The summed E-state index contributed by atoms with van der Waals surface area (Å²) in [6, 6.07) is 0.572. The average Bonchev–Trinajstić information content (AvgIpc) is 2.78. The van der Waals surface area contributed by atoms with Crippen molar-refractivity contribution >= 4 is 0 Å². The molecule has 0 radical (unpaired) electrons. The molecule has 1 atom stereocenters. The summed E-state index contributed by atoms with van der Waals surface area (Å²) < 4.78 is 7.26. The van der Waals surface area contributed by atoms with Gasteiger partial charge in [0.2, 0.25) is 0 Å². The Morgan fingerprint density at radius 3 is 2.87 bits per heavy atom. The van der Waals surface area contributed by atoms with Gasteiger partial charge in [-0.3, -0.25) is 0 Å². The van der Waals surface area contributed by atoms with Crippen LogP contribution in [0.15, 0.2) is 0 Å². The number of nitrogens with one attached hydrogen (secondary N) is 1. The maximum Gasteiger partial charge on any atom is 0.168 e. The minimum absolute atomic E-state index is 0.183. The van der Waals surface area contributed by atoms with E-state index in [1.54, 1.807) is 0 Å². The van der Waals surface area contributed by atoms with Gasteiger partial charge in [-0.05, 0) is 37.2 Å². The number of ether oxygens (including phenoxy) is 1. The third-order valence-corrected chi connectivity index (χ3v) is 2.88. The molecule has 1 saturated heterocycles. The highest BCUT2D eigenvalue weighted by Crippen LogP contribution is 2.22. The van der Waals surface area contributed by atoms with Gasteiger partial charge in [-0.1, -0.05) is 0 Å². The summed E-state index contributed by atoms with van der Waals surface area (Å²) in [6.45, 7) is 3.66. The fourth-order valence-electron chi connectivity index (χ4n) is 1.80. The van der Waals surface area contributed by atoms with E-state index in [1.165, 1.54) is 0 Å². The number of rotatable bonds is 3. The molecule has 0 spiro atoms. The van der Waals surface area contributed by atoms with E-state index in [1.807, 2.05) is 11.7 Å². The lowest BCUT2D eigenvalue weighted by molar-refractivity contribution is 0.0644. The SMILES string of the molecule is CNC(C)c1nnnn1C1CCOCC1. The van der Waals surface area contributed by atoms with E-state index in [9.17, 15) is 0 Å². The predicted octanol–water partition coefficient (Wildman–Crippen LogP) is 0.305. The van der Waals surface area contributed by atoms with Crippen LogP contribution in [0.25, 0.3) is 0 Å². The first-order chi connectivity index (χ1) is 7.33. The van der Waals surface area contributed by atoms with Crippen LogP contribution in [0.1, 0.15) is 37.7 Å². The molecule has 0 saturated carbocycles. The van der Waals surface area contributed by atoms with Gasteiger partial charge in [0.25, 0.3) is 0 Å². The van der Waals surface area contributed by atoms with Gasteiger partial charge in [-0.2, -0.15) is 0 Å². The van der Waals surface area contributed by atoms with Crippen molar-refractivity contribution in [1.82, 2.24) is 25.5 Å². The van der Waals surface area contributed by atoms with Crippen molar-refractivity contribution in [2.24, 2.45) is 0 Å². The van der Waals surface area contributed by atoms with Crippen LogP contribution in [-0.4, -0.2) is 40.5 Å². The fourth-order valence-corrected chi connectivity index (χ4v) is 1.80. The highest BCUT2D eigenvalue weighted by Gasteiger charge is 2.22. The fraction of sp³-hybridized carbons (Fsp3) is 0.889. The van der Waals surface area contributed by atoms with Crippen LogP contribution < -0.4 is 5.32 Å². The Kier molecular flexibility index (Phi) is 3.27. The normalized spacial score (nSPS) is 20.4. The molecular weight excluding hydrogens is 194 g/mol. The van der Waals surface area contributed by atoms with Crippen molar-refractivity contribution < 1.29 is 4.74 Å². The van der Waals surface area contributed by atoms with E-state index in [4.69, 9.17) is 4.74 Å². The molecule has 1 N–H and O–H groups in total. The second-order valence-electron chi connectivity index (χ2n) is 3.84. The topological polar surface area (TPSA) is 64.9 Å². The Bertz CT molecular complexity index is 307. The van der Waals surface area contributed by atoms with Gasteiger partial charge >= 0.3 is 0 Å². The quantitative estimate of drug-likeness (QED) is 0.779. The molecule has 6 nitrogen and oxygen atoms in total. The second-order valence-corrected chi connectivity index (χ2v) is 3.84. The molecule has 0 aromatic carbocycles. The van der Waals surface area contributed by atoms with Crippen LogP contribution in [0, 0.1) is 0 Å². The number of tetrazole rings is 1. The zero-order valence-electron chi connectivity index (χ0n) is 9.18. The standard InChI is InChI=1S/C9H17N5O/c1-7(10-2)9-11-12-13-14(9)8-3-5-15-6-4-8/h7-8,10H,3-6H2,1-2H3. The van der Waals surface area contributed by atoms with Gasteiger partial charge in [-0.15, -0.1) is 5.10 Å². The molecule has 15 heavy (non-hydrogen) atoms. The lowest BCUT2D eigenvalue weighted by Gasteiger charge is -2.23. The molecule has 1 aliphatic heterocycles. The number of nitrogens with zero attached hydrogens (tertiary/aromatic N) is 4. The molecule has 84 valence electrons. The van der Waals surface area contributed by atoms with Crippen molar-refractivity contribution in [2.45, 2.75) is 31.8 Å². The molecule has 1 aliphatic rings. The third-order valence-electron chi connectivity index (χ3n) is 2.88. The highest BCUT2D eigenvalue weighted by molar-refractivity contribution is 4.91. The Hall–Kier alpha value is -1.01. The summed E-state index contributed by atoms with van der Waals surface area (Å²) in [4.78, 5) is 0. The summed E-state index contributed by atoms with van der Waals surface area (Å²) in [5.41, 5.74) is 0. The van der Waals surface area contributed by atoms with Crippen LogP contribution in [0.2, 0.25) is 0 Å². The van der Waals surface area contributed by atoms with E-state index < -0.39 is 0 Å². The molecule has 1 unspecified atom stereocenters. The Balaban J connectivity index is 2.15. The van der Waals surface area contributed by atoms with E-state index >= 15 is 0 Å². The summed E-state index contributed by atoms with van der Waals surface area (Å²) in [7, 11) is 1.91. The first-order valence-electron chi connectivity index (χ1n) is 5.35. The number of aromatic nitrogens is 4. The van der Waals surface area contributed by atoms with E-state index in [0.29, 0.717) is 6.04 Å². The molecular formula is C9H17N5O. The zero-order valence-corrected chi connectivity index (χ0v) is 9.18. The molecule has 0 aliphatic carbocycles. The summed E-state index contributed by atoms with van der Waals surface area (Å²) in [6.07, 6.45) is 1.99. The van der Waals surface area contributed by atoms with Gasteiger partial charge in [0.1, 0.15) is 0 Å². The highest BCUT2D eigenvalue weighted by atomic mass is 16.5. The minimum Gasteiger partial charge on any atom is -0.381 e. The van der Waals surface area contributed by atoms with Crippen LogP contribution in [0.5, 0.6) is 0 Å². The molecule has 6 heteroatoms. The molecule has 2 heterocycles. The first-order valence-corrected chi connectivity index (χ1v) is 5.35. The maximum atomic E-state index is 5.33. The van der Waals surface area contributed by atoms with Crippen molar-refractivity contribution in [2.75, 3.05) is 20.3 Å². The Labute approximate surface area is 89.0 Å². The van der Waals surface area contributed by atoms with Gasteiger partial charge < -0.3 is 10.1 Å². The summed E-state index contributed by atoms with van der Waals surface area (Å²) >= 11 is 0. The largest absolute Gasteiger partial charge is 0.381 e. The molecule has 0 amide bonds. The van der Waals surface area contributed by atoms with Crippen molar-refractivity contribution in [3.63, 3.8) is 0 Å². The Morgan fingerprint density at radius 1 is 1.47 bits per heavy atom. The Morgan fingerprint density at radius 2 is 2.20 bits per heavy atom.